The van der Waals surface area contributed by atoms with E-state index in [1.54, 1.807) is 0 Å². The topological polar surface area (TPSA) is 29.1 Å². The molecule has 0 radical (unpaired) electrons. The summed E-state index contributed by atoms with van der Waals surface area (Å²) in [4.78, 5) is 12.5. The highest BCUT2D eigenvalue weighted by molar-refractivity contribution is 5.83. The number of hydrogen-bond acceptors (Lipinski definition) is 1. The zero-order valence-electron chi connectivity index (χ0n) is 11.2. The average Bonchev–Trinajstić information content (AvgIpc) is 2.43. The Morgan fingerprint density at radius 1 is 1.12 bits per heavy atom. The first kappa shape index (κ1) is 11.6. The molecule has 0 heterocycles. The predicted octanol–water partition coefficient (Wildman–Crippen LogP) is 3.12. The van der Waals surface area contributed by atoms with Crippen molar-refractivity contribution in [3.8, 4) is 0 Å². The quantitative estimate of drug-likeness (QED) is 0.783. The van der Waals surface area contributed by atoms with Crippen molar-refractivity contribution in [2.75, 3.05) is 0 Å². The minimum absolute atomic E-state index is 0.0170. The molecule has 4 rings (SSSR count). The molecule has 4 saturated carbocycles. The van der Waals surface area contributed by atoms with Crippen molar-refractivity contribution in [1.29, 1.82) is 0 Å². The van der Waals surface area contributed by atoms with Crippen molar-refractivity contribution in [1.82, 2.24) is 5.32 Å². The van der Waals surface area contributed by atoms with E-state index in [1.165, 1.54) is 38.5 Å². The second-order valence-electron chi connectivity index (χ2n) is 7.16. The summed E-state index contributed by atoms with van der Waals surface area (Å²) >= 11 is 0. The molecule has 4 fully saturated rings. The van der Waals surface area contributed by atoms with Gasteiger partial charge in [-0.2, -0.15) is 0 Å². The smallest absolute Gasteiger partial charge is 0.226 e. The van der Waals surface area contributed by atoms with E-state index in [0.29, 0.717) is 5.91 Å². The van der Waals surface area contributed by atoms with Gasteiger partial charge in [0.25, 0.3) is 0 Å². The van der Waals surface area contributed by atoms with E-state index < -0.39 is 0 Å². The lowest BCUT2D eigenvalue weighted by molar-refractivity contribution is -0.136. The van der Waals surface area contributed by atoms with E-state index in [-0.39, 0.29) is 11.5 Å². The van der Waals surface area contributed by atoms with Crippen LogP contribution in [0, 0.1) is 23.2 Å². The van der Waals surface area contributed by atoms with Gasteiger partial charge in [0.2, 0.25) is 5.91 Å². The van der Waals surface area contributed by atoms with E-state index in [0.717, 1.165) is 24.2 Å². The van der Waals surface area contributed by atoms with Crippen molar-refractivity contribution in [3.05, 3.63) is 0 Å². The van der Waals surface area contributed by atoms with Gasteiger partial charge in [-0.25, -0.2) is 0 Å². The number of amides is 1. The SMILES string of the molecule is CC(C)NC(=O)C12CCC3CC(CC(C3)C1)C2. The van der Waals surface area contributed by atoms with Crippen molar-refractivity contribution in [3.63, 3.8) is 0 Å². The van der Waals surface area contributed by atoms with E-state index in [1.807, 2.05) is 0 Å². The Labute approximate surface area is 105 Å². The first-order chi connectivity index (χ1) is 8.07. The lowest BCUT2D eigenvalue weighted by Crippen LogP contribution is -2.47. The maximum Gasteiger partial charge on any atom is 0.226 e. The molecule has 2 atom stereocenters. The molecule has 17 heavy (non-hydrogen) atoms. The molecule has 2 unspecified atom stereocenters. The number of hydrogen-bond donors (Lipinski definition) is 1. The lowest BCUT2D eigenvalue weighted by Gasteiger charge is -2.44. The molecule has 0 spiro atoms. The Balaban J connectivity index is 1.83. The third kappa shape index (κ3) is 2.00. The molecule has 0 aromatic heterocycles. The van der Waals surface area contributed by atoms with Gasteiger partial charge in [-0.3, -0.25) is 4.79 Å². The number of carbonyl (C=O) groups excluding carboxylic acids is 1. The van der Waals surface area contributed by atoms with E-state index >= 15 is 0 Å². The summed E-state index contributed by atoms with van der Waals surface area (Å²) in [7, 11) is 0. The molecule has 96 valence electrons. The van der Waals surface area contributed by atoms with Gasteiger partial charge in [0, 0.05) is 11.5 Å². The Hall–Kier alpha value is -0.530. The zero-order chi connectivity index (χ0) is 12.0. The van der Waals surface area contributed by atoms with Gasteiger partial charge in [-0.15, -0.1) is 0 Å². The van der Waals surface area contributed by atoms with Crippen LogP contribution in [0.1, 0.15) is 58.8 Å². The summed E-state index contributed by atoms with van der Waals surface area (Å²) in [6, 6.07) is 0.288. The monoisotopic (exact) mass is 235 g/mol. The van der Waals surface area contributed by atoms with Crippen molar-refractivity contribution < 1.29 is 4.79 Å². The highest BCUT2D eigenvalue weighted by Gasteiger charge is 2.51. The lowest BCUT2D eigenvalue weighted by atomic mass is 9.61. The molecule has 4 bridgehead atoms. The average molecular weight is 235 g/mol. The largest absolute Gasteiger partial charge is 0.353 e. The molecule has 0 aromatic rings. The molecule has 2 heteroatoms. The summed E-state index contributed by atoms with van der Waals surface area (Å²) in [5, 5.41) is 3.19. The number of nitrogens with one attached hydrogen (secondary N) is 1. The van der Waals surface area contributed by atoms with Crippen molar-refractivity contribution in [2.24, 2.45) is 23.2 Å². The van der Waals surface area contributed by atoms with Crippen LogP contribution in [0.3, 0.4) is 0 Å². The van der Waals surface area contributed by atoms with E-state index in [9.17, 15) is 4.79 Å². The number of fused-ring (bicyclic) bond motifs is 1. The van der Waals surface area contributed by atoms with Crippen molar-refractivity contribution in [2.45, 2.75) is 64.8 Å². The first-order valence-corrected chi connectivity index (χ1v) is 7.38. The molecule has 2 nitrogen and oxygen atoms in total. The zero-order valence-corrected chi connectivity index (χ0v) is 11.2. The molecule has 4 aliphatic carbocycles. The van der Waals surface area contributed by atoms with Gasteiger partial charge in [0.05, 0.1) is 0 Å². The maximum atomic E-state index is 12.5. The van der Waals surface area contributed by atoms with Crippen LogP contribution < -0.4 is 5.32 Å². The summed E-state index contributed by atoms with van der Waals surface area (Å²) < 4.78 is 0. The van der Waals surface area contributed by atoms with Crippen LogP contribution in [0.25, 0.3) is 0 Å². The van der Waals surface area contributed by atoms with E-state index in [2.05, 4.69) is 19.2 Å². The maximum absolute atomic E-state index is 12.5. The van der Waals surface area contributed by atoms with Gasteiger partial charge < -0.3 is 5.32 Å². The highest BCUT2D eigenvalue weighted by Crippen LogP contribution is 2.57. The molecule has 0 aliphatic heterocycles. The normalized spacial score (nSPS) is 43.8. The molecular formula is C15H25NO. The van der Waals surface area contributed by atoms with Gasteiger partial charge in [0.1, 0.15) is 0 Å². The summed E-state index contributed by atoms with van der Waals surface area (Å²) in [6.45, 7) is 4.15. The van der Waals surface area contributed by atoms with Crippen LogP contribution in [0.15, 0.2) is 0 Å². The fraction of sp³-hybridized carbons (Fsp3) is 0.933. The predicted molar refractivity (Wildman–Crippen MR) is 68.5 cm³/mol. The van der Waals surface area contributed by atoms with Crippen LogP contribution >= 0.6 is 0 Å². The second-order valence-corrected chi connectivity index (χ2v) is 7.16. The summed E-state index contributed by atoms with van der Waals surface area (Å²) in [5.74, 6) is 3.01. The van der Waals surface area contributed by atoms with Gasteiger partial charge in [0.15, 0.2) is 0 Å². The Bertz CT molecular complexity index is 309. The van der Waals surface area contributed by atoms with Gasteiger partial charge >= 0.3 is 0 Å². The molecule has 0 saturated heterocycles. The number of carbonyl (C=O) groups is 1. The fourth-order valence-electron chi connectivity index (χ4n) is 4.86. The molecule has 1 N–H and O–H groups in total. The van der Waals surface area contributed by atoms with Crippen LogP contribution in [0.5, 0.6) is 0 Å². The second kappa shape index (κ2) is 4.00. The summed E-state index contributed by atoms with van der Waals surface area (Å²) in [5.41, 5.74) is 0.0170. The minimum atomic E-state index is 0.0170. The molecule has 0 aromatic carbocycles. The van der Waals surface area contributed by atoms with Gasteiger partial charge in [-0.1, -0.05) is 0 Å². The third-order valence-electron chi connectivity index (χ3n) is 5.29. The number of rotatable bonds is 2. The molecular weight excluding hydrogens is 210 g/mol. The molecule has 4 aliphatic rings. The Kier molecular flexibility index (Phi) is 2.72. The van der Waals surface area contributed by atoms with E-state index in [4.69, 9.17) is 0 Å². The Morgan fingerprint density at radius 2 is 1.71 bits per heavy atom. The first-order valence-electron chi connectivity index (χ1n) is 7.38. The van der Waals surface area contributed by atoms with Crippen LogP contribution in [-0.4, -0.2) is 11.9 Å². The van der Waals surface area contributed by atoms with Crippen LogP contribution in [0.2, 0.25) is 0 Å². The minimum Gasteiger partial charge on any atom is -0.353 e. The third-order valence-corrected chi connectivity index (χ3v) is 5.29. The standard InChI is InChI=1S/C15H25NO/c1-10(2)16-14(17)15-4-3-11-5-12(8-15)7-13(6-11)9-15/h10-13H,3-9H2,1-2H3,(H,16,17). The van der Waals surface area contributed by atoms with Gasteiger partial charge in [-0.05, 0) is 76.5 Å². The summed E-state index contributed by atoms with van der Waals surface area (Å²) in [6.07, 6.45) is 9.05. The fourth-order valence-corrected chi connectivity index (χ4v) is 4.86. The highest BCUT2D eigenvalue weighted by atomic mass is 16.2. The van der Waals surface area contributed by atoms with Crippen LogP contribution in [-0.2, 0) is 4.79 Å². The van der Waals surface area contributed by atoms with Crippen LogP contribution in [0.4, 0.5) is 0 Å². The Morgan fingerprint density at radius 3 is 2.29 bits per heavy atom. The molecule has 1 amide bonds. The van der Waals surface area contributed by atoms with Crippen molar-refractivity contribution >= 4 is 5.91 Å².